The Balaban J connectivity index is 2.54. The summed E-state index contributed by atoms with van der Waals surface area (Å²) < 4.78 is 10.6. The summed E-state index contributed by atoms with van der Waals surface area (Å²) in [4.78, 5) is 0. The molecule has 0 aliphatic rings. The van der Waals surface area contributed by atoms with E-state index >= 15 is 0 Å². The van der Waals surface area contributed by atoms with Crippen LogP contribution in [0.4, 0.5) is 4.39 Å². The van der Waals surface area contributed by atoms with E-state index in [0.29, 0.717) is 0 Å². The van der Waals surface area contributed by atoms with Crippen molar-refractivity contribution in [2.45, 2.75) is 6.29 Å². The second-order valence-corrected chi connectivity index (χ2v) is 0.609. The van der Waals surface area contributed by atoms with E-state index in [-0.39, 0.29) is 0 Å². The molecule has 0 saturated heterocycles. The van der Waals surface area contributed by atoms with Gasteiger partial charge in [-0.25, -0.2) is 4.39 Å². The zero-order chi connectivity index (χ0) is 4.28. The van der Waals surface area contributed by atoms with Crippen molar-refractivity contribution >= 4 is 0 Å². The molecule has 1 N–H and O–H groups in total. The van der Waals surface area contributed by atoms with Crippen molar-refractivity contribution in [2.75, 3.05) is 6.67 Å². The van der Waals surface area contributed by atoms with Crippen LogP contribution < -0.4 is 0 Å². The van der Waals surface area contributed by atoms with Crippen molar-refractivity contribution in [1.82, 2.24) is 0 Å². The average Bonchev–Trinajstić information content (AvgIpc) is 1.38. The Labute approximate surface area is 28.9 Å². The number of aliphatic hydroxyl groups excluding tert-OH is 1. The zero-order valence-electron chi connectivity index (χ0n) is 2.52. The first-order valence-corrected chi connectivity index (χ1v) is 1.17. The average molecular weight is 79.0 g/mol. The number of hydrogen-bond donors (Lipinski definition) is 1. The van der Waals surface area contributed by atoms with E-state index in [1.165, 1.54) is 0 Å². The summed E-state index contributed by atoms with van der Waals surface area (Å²) in [5, 5.41) is 16.5. The van der Waals surface area contributed by atoms with Gasteiger partial charge in [-0.1, -0.05) is 0 Å². The topological polar surface area (TPSA) is 40.1 Å². The summed E-state index contributed by atoms with van der Waals surface area (Å²) >= 11 is 0. The summed E-state index contributed by atoms with van der Waals surface area (Å²) in [5.74, 6) is 0. The quantitative estimate of drug-likeness (QED) is 0.431. The van der Waals surface area contributed by atoms with Gasteiger partial charge in [0, 0.05) is 0 Å². The summed E-state index contributed by atoms with van der Waals surface area (Å²) in [7, 11) is 0. The number of halogens is 1. The van der Waals surface area contributed by atoms with Crippen molar-refractivity contribution < 1.29 is 14.6 Å². The fourth-order valence-electron chi connectivity index (χ4n) is 0. The fourth-order valence-corrected chi connectivity index (χ4v) is 0. The predicted molar refractivity (Wildman–Crippen MR) is 12.7 cm³/mol. The molecule has 0 aromatic carbocycles. The minimum Gasteiger partial charge on any atom is -0.364 e. The van der Waals surface area contributed by atoms with E-state index in [1.807, 2.05) is 0 Å². The molecule has 0 aliphatic carbocycles. The summed E-state index contributed by atoms with van der Waals surface area (Å²) in [6, 6.07) is 0. The highest BCUT2D eigenvalue weighted by atomic mass is 19.1. The van der Waals surface area contributed by atoms with Gasteiger partial charge < -0.3 is 5.11 Å². The molecule has 31 valence electrons. The number of alkyl halides is 1. The highest BCUT2D eigenvalue weighted by molar-refractivity contribution is 4.20. The molecular formula is C2H4FO2. The first-order valence-electron chi connectivity index (χ1n) is 1.17. The van der Waals surface area contributed by atoms with Crippen LogP contribution in [0.3, 0.4) is 0 Å². The Morgan fingerprint density at radius 1 is 2.00 bits per heavy atom. The third-order valence-electron chi connectivity index (χ3n) is 0.132. The molecule has 0 aromatic rings. The van der Waals surface area contributed by atoms with Gasteiger partial charge in [-0.2, -0.15) is 5.11 Å². The van der Waals surface area contributed by atoms with Gasteiger partial charge in [0.05, 0.1) is 0 Å². The standard InChI is InChI=1S/C2H4FO2/c3-1-2(4)5/h2,4H,1H2. The van der Waals surface area contributed by atoms with Gasteiger partial charge in [-0.3, -0.25) is 0 Å². The van der Waals surface area contributed by atoms with Gasteiger partial charge in [0.2, 0.25) is 6.29 Å². The lowest BCUT2D eigenvalue weighted by atomic mass is 10.8. The maximum absolute atomic E-state index is 10.6. The Morgan fingerprint density at radius 3 is 2.20 bits per heavy atom. The molecule has 1 radical (unpaired) electrons. The van der Waals surface area contributed by atoms with Crippen molar-refractivity contribution in [3.63, 3.8) is 0 Å². The van der Waals surface area contributed by atoms with Crippen molar-refractivity contribution in [2.24, 2.45) is 0 Å². The van der Waals surface area contributed by atoms with E-state index in [9.17, 15) is 4.39 Å². The molecule has 0 spiro atoms. The monoisotopic (exact) mass is 79.0 g/mol. The lowest BCUT2D eigenvalue weighted by molar-refractivity contribution is -0.103. The van der Waals surface area contributed by atoms with Gasteiger partial charge in [0.15, 0.2) is 0 Å². The largest absolute Gasteiger partial charge is 0.364 e. The van der Waals surface area contributed by atoms with E-state index in [4.69, 9.17) is 10.2 Å². The van der Waals surface area contributed by atoms with Crippen LogP contribution in [-0.4, -0.2) is 18.1 Å². The van der Waals surface area contributed by atoms with Crippen LogP contribution in [0, 0.1) is 0 Å². The predicted octanol–water partition coefficient (Wildman–Crippen LogP) is -0.295. The van der Waals surface area contributed by atoms with Gasteiger partial charge in [0.25, 0.3) is 0 Å². The molecule has 0 saturated carbocycles. The molecule has 2 nitrogen and oxygen atoms in total. The van der Waals surface area contributed by atoms with Crippen LogP contribution in [0.15, 0.2) is 0 Å². The Kier molecular flexibility index (Phi) is 2.05. The van der Waals surface area contributed by atoms with Crippen molar-refractivity contribution in [3.05, 3.63) is 0 Å². The highest BCUT2D eigenvalue weighted by Crippen LogP contribution is 1.72. The Morgan fingerprint density at radius 2 is 2.20 bits per heavy atom. The van der Waals surface area contributed by atoms with Crippen LogP contribution in [0.25, 0.3) is 0 Å². The first kappa shape index (κ1) is 4.85. The number of rotatable bonds is 1. The molecule has 0 bridgehead atoms. The molecule has 1 unspecified atom stereocenters. The van der Waals surface area contributed by atoms with Crippen LogP contribution in [-0.2, 0) is 5.11 Å². The van der Waals surface area contributed by atoms with E-state index in [1.54, 1.807) is 0 Å². The normalized spacial score (nSPS) is 9.60. The van der Waals surface area contributed by atoms with E-state index in [2.05, 4.69) is 0 Å². The Bertz CT molecular complexity index is 21.6. The summed E-state index contributed by atoms with van der Waals surface area (Å²) in [5.41, 5.74) is 0. The van der Waals surface area contributed by atoms with Gasteiger partial charge in [-0.05, 0) is 0 Å². The molecule has 0 heterocycles. The maximum atomic E-state index is 10.6. The van der Waals surface area contributed by atoms with Crippen LogP contribution in [0.1, 0.15) is 0 Å². The molecule has 0 fully saturated rings. The van der Waals surface area contributed by atoms with Crippen molar-refractivity contribution in [1.29, 1.82) is 0 Å². The van der Waals surface area contributed by atoms with Gasteiger partial charge in [-0.15, -0.1) is 0 Å². The van der Waals surface area contributed by atoms with E-state index < -0.39 is 13.0 Å². The number of hydrogen-bond acceptors (Lipinski definition) is 1. The SMILES string of the molecule is [O]C(O)CF. The molecule has 1 atom stereocenters. The first-order chi connectivity index (χ1) is 2.27. The third kappa shape index (κ3) is 3.85. The molecule has 0 aromatic heterocycles. The summed E-state index contributed by atoms with van der Waals surface area (Å²) in [6.45, 7) is -1.19. The van der Waals surface area contributed by atoms with Crippen LogP contribution in [0.5, 0.6) is 0 Å². The third-order valence-corrected chi connectivity index (χ3v) is 0.132. The van der Waals surface area contributed by atoms with Crippen LogP contribution in [0.2, 0.25) is 0 Å². The lowest BCUT2D eigenvalue weighted by Crippen LogP contribution is -2.02. The van der Waals surface area contributed by atoms with Gasteiger partial charge >= 0.3 is 0 Å². The van der Waals surface area contributed by atoms with Crippen LogP contribution >= 0.6 is 0 Å². The molecule has 0 amide bonds. The fraction of sp³-hybridized carbons (Fsp3) is 1.00. The summed E-state index contributed by atoms with van der Waals surface area (Å²) in [6.07, 6.45) is -2.03. The van der Waals surface area contributed by atoms with Gasteiger partial charge in [0.1, 0.15) is 6.67 Å². The molecule has 0 aliphatic heterocycles. The van der Waals surface area contributed by atoms with E-state index in [0.717, 1.165) is 0 Å². The molecule has 5 heavy (non-hydrogen) atoms. The number of aliphatic hydroxyl groups is 1. The van der Waals surface area contributed by atoms with Crippen molar-refractivity contribution in [3.8, 4) is 0 Å². The maximum Gasteiger partial charge on any atom is 0.217 e. The molecule has 3 heteroatoms. The molecule has 0 rings (SSSR count). The minimum absolute atomic E-state index is 1.19. The zero-order valence-corrected chi connectivity index (χ0v) is 2.52. The second kappa shape index (κ2) is 2.11. The lowest BCUT2D eigenvalue weighted by Gasteiger charge is -1.83. The molecular weight excluding hydrogens is 75.0 g/mol. The highest BCUT2D eigenvalue weighted by Gasteiger charge is 1.91. The Hall–Kier alpha value is -0.150. The second-order valence-electron chi connectivity index (χ2n) is 0.609. The minimum atomic E-state index is -2.03. The smallest absolute Gasteiger partial charge is 0.217 e.